The topological polar surface area (TPSA) is 99.4 Å². The number of anilines is 1. The average Bonchev–Trinajstić information content (AvgIpc) is 3.27. The monoisotopic (exact) mass is 447 g/mol. The summed E-state index contributed by atoms with van der Waals surface area (Å²) in [7, 11) is 0. The lowest BCUT2D eigenvalue weighted by atomic mass is 10.1. The number of hydrogen-bond acceptors (Lipinski definition) is 7. The molecule has 0 aliphatic carbocycles. The minimum Gasteiger partial charge on any atom is -0.482 e. The first kappa shape index (κ1) is 21.5. The van der Waals surface area contributed by atoms with Crippen molar-refractivity contribution in [3.63, 3.8) is 0 Å². The van der Waals surface area contributed by atoms with Crippen molar-refractivity contribution >= 4 is 28.8 Å². The number of carbonyl (C=O) groups is 2. The van der Waals surface area contributed by atoms with Crippen molar-refractivity contribution in [1.29, 1.82) is 5.26 Å². The van der Waals surface area contributed by atoms with Gasteiger partial charge in [0, 0.05) is 30.9 Å². The second-order valence-electron chi connectivity index (χ2n) is 7.36. The van der Waals surface area contributed by atoms with Crippen LogP contribution in [0.1, 0.15) is 33.0 Å². The van der Waals surface area contributed by atoms with Gasteiger partial charge in [-0.3, -0.25) is 19.5 Å². The standard InChI is InChI=1S/C23H21N5O3S/c1-16-5-6-20-19(10-16)28(22(29)14-31-20)13-21-26-18(15-32-21)23(30)27(9-3-7-24)12-17-4-2-8-25-11-17/h2,4-6,8,10-11,15H,3,9,12-14H2,1H3. The van der Waals surface area contributed by atoms with Crippen LogP contribution >= 0.6 is 11.3 Å². The number of benzene rings is 1. The minimum absolute atomic E-state index is 0.0275. The first-order chi connectivity index (χ1) is 15.5. The Morgan fingerprint density at radius 3 is 3.03 bits per heavy atom. The predicted molar refractivity (Wildman–Crippen MR) is 119 cm³/mol. The van der Waals surface area contributed by atoms with E-state index in [9.17, 15) is 9.59 Å². The van der Waals surface area contributed by atoms with Gasteiger partial charge in [0.25, 0.3) is 11.8 Å². The summed E-state index contributed by atoms with van der Waals surface area (Å²) in [6.07, 6.45) is 3.59. The second kappa shape index (κ2) is 9.58. The van der Waals surface area contributed by atoms with Crippen molar-refractivity contribution < 1.29 is 14.3 Å². The Morgan fingerprint density at radius 1 is 1.38 bits per heavy atom. The van der Waals surface area contributed by atoms with Gasteiger partial charge in [-0.05, 0) is 36.2 Å². The van der Waals surface area contributed by atoms with Crippen molar-refractivity contribution in [1.82, 2.24) is 14.9 Å². The van der Waals surface area contributed by atoms with Crippen LogP contribution in [0.4, 0.5) is 5.69 Å². The van der Waals surface area contributed by atoms with Crippen LogP contribution < -0.4 is 9.64 Å². The largest absolute Gasteiger partial charge is 0.482 e. The summed E-state index contributed by atoms with van der Waals surface area (Å²) in [4.78, 5) is 37.4. The van der Waals surface area contributed by atoms with Crippen LogP contribution in [0.25, 0.3) is 0 Å². The molecule has 2 aromatic heterocycles. The molecule has 3 aromatic rings. The maximum absolute atomic E-state index is 13.1. The Kier molecular flexibility index (Phi) is 6.42. The van der Waals surface area contributed by atoms with E-state index >= 15 is 0 Å². The lowest BCUT2D eigenvalue weighted by molar-refractivity contribution is -0.121. The Hall–Kier alpha value is -3.77. The number of amides is 2. The van der Waals surface area contributed by atoms with E-state index in [0.29, 0.717) is 35.2 Å². The maximum Gasteiger partial charge on any atom is 0.273 e. The molecule has 9 heteroatoms. The normalized spacial score (nSPS) is 12.6. The molecule has 0 fully saturated rings. The molecule has 0 bridgehead atoms. The zero-order valence-corrected chi connectivity index (χ0v) is 18.3. The van der Waals surface area contributed by atoms with Crippen LogP contribution in [0, 0.1) is 18.3 Å². The molecule has 2 amide bonds. The van der Waals surface area contributed by atoms with Gasteiger partial charge in [0.1, 0.15) is 16.5 Å². The van der Waals surface area contributed by atoms with Gasteiger partial charge in [0.05, 0.1) is 24.7 Å². The predicted octanol–water partition coefficient (Wildman–Crippen LogP) is 3.33. The smallest absolute Gasteiger partial charge is 0.273 e. The number of rotatable bonds is 7. The van der Waals surface area contributed by atoms with E-state index < -0.39 is 0 Å². The highest BCUT2D eigenvalue weighted by molar-refractivity contribution is 7.09. The van der Waals surface area contributed by atoms with E-state index in [4.69, 9.17) is 10.00 Å². The van der Waals surface area contributed by atoms with Crippen LogP contribution in [0.15, 0.2) is 48.1 Å². The Labute approximate surface area is 189 Å². The van der Waals surface area contributed by atoms with Crippen molar-refractivity contribution in [2.24, 2.45) is 0 Å². The van der Waals surface area contributed by atoms with Crippen molar-refractivity contribution in [2.45, 2.75) is 26.4 Å². The molecule has 0 N–H and O–H groups in total. The maximum atomic E-state index is 13.1. The summed E-state index contributed by atoms with van der Waals surface area (Å²) in [5.74, 6) is 0.247. The highest BCUT2D eigenvalue weighted by Gasteiger charge is 2.27. The van der Waals surface area contributed by atoms with Gasteiger partial charge >= 0.3 is 0 Å². The third kappa shape index (κ3) is 4.76. The van der Waals surface area contributed by atoms with Gasteiger partial charge in [0.2, 0.25) is 0 Å². The highest BCUT2D eigenvalue weighted by atomic mass is 32.1. The molecule has 3 heterocycles. The number of ether oxygens (including phenoxy) is 1. The molecular weight excluding hydrogens is 426 g/mol. The molecule has 162 valence electrons. The first-order valence-electron chi connectivity index (χ1n) is 10.1. The summed E-state index contributed by atoms with van der Waals surface area (Å²) < 4.78 is 5.53. The lowest BCUT2D eigenvalue weighted by Crippen LogP contribution is -2.38. The van der Waals surface area contributed by atoms with Crippen LogP contribution in [0.3, 0.4) is 0 Å². The molecule has 0 saturated heterocycles. The number of hydrogen-bond donors (Lipinski definition) is 0. The lowest BCUT2D eigenvalue weighted by Gasteiger charge is -2.29. The summed E-state index contributed by atoms with van der Waals surface area (Å²) >= 11 is 1.33. The van der Waals surface area contributed by atoms with Gasteiger partial charge < -0.3 is 9.64 Å². The van der Waals surface area contributed by atoms with E-state index in [1.54, 1.807) is 27.6 Å². The number of fused-ring (bicyclic) bond motifs is 1. The quantitative estimate of drug-likeness (QED) is 0.551. The van der Waals surface area contributed by atoms with Crippen LogP contribution in [0.5, 0.6) is 5.75 Å². The number of pyridine rings is 1. The van der Waals surface area contributed by atoms with E-state index in [0.717, 1.165) is 11.1 Å². The number of carbonyl (C=O) groups excluding carboxylic acids is 2. The molecule has 0 atom stereocenters. The van der Waals surface area contributed by atoms with Crippen LogP contribution in [-0.4, -0.2) is 39.8 Å². The Balaban J connectivity index is 1.52. The zero-order valence-electron chi connectivity index (χ0n) is 17.5. The van der Waals surface area contributed by atoms with Gasteiger partial charge in [-0.2, -0.15) is 5.26 Å². The fourth-order valence-electron chi connectivity index (χ4n) is 3.41. The fraction of sp³-hybridized carbons (Fsp3) is 0.261. The average molecular weight is 448 g/mol. The SMILES string of the molecule is Cc1ccc2c(c1)N(Cc1nc(C(=O)N(CCC#N)Cc3cccnc3)cs1)C(=O)CO2. The van der Waals surface area contributed by atoms with Gasteiger partial charge in [-0.1, -0.05) is 12.1 Å². The van der Waals surface area contributed by atoms with Crippen molar-refractivity contribution in [3.8, 4) is 11.8 Å². The molecule has 8 nitrogen and oxygen atoms in total. The van der Waals surface area contributed by atoms with Gasteiger partial charge in [0.15, 0.2) is 6.61 Å². The van der Waals surface area contributed by atoms with Gasteiger partial charge in [-0.25, -0.2) is 4.98 Å². The van der Waals surface area contributed by atoms with Crippen LogP contribution in [-0.2, 0) is 17.9 Å². The fourth-order valence-corrected chi connectivity index (χ4v) is 4.17. The molecule has 1 aromatic carbocycles. The first-order valence-corrected chi connectivity index (χ1v) is 11.0. The molecule has 0 radical (unpaired) electrons. The third-order valence-electron chi connectivity index (χ3n) is 5.00. The highest BCUT2D eigenvalue weighted by Crippen LogP contribution is 2.34. The minimum atomic E-state index is -0.254. The van der Waals surface area contributed by atoms with E-state index in [2.05, 4.69) is 16.0 Å². The molecule has 0 spiro atoms. The molecule has 0 saturated carbocycles. The van der Waals surface area contributed by atoms with Crippen molar-refractivity contribution in [3.05, 3.63) is 69.9 Å². The summed E-state index contributed by atoms with van der Waals surface area (Å²) in [5, 5.41) is 11.3. The Morgan fingerprint density at radius 2 is 2.25 bits per heavy atom. The second-order valence-corrected chi connectivity index (χ2v) is 8.30. The van der Waals surface area contributed by atoms with E-state index in [1.807, 2.05) is 37.3 Å². The zero-order chi connectivity index (χ0) is 22.5. The van der Waals surface area contributed by atoms with Crippen molar-refractivity contribution in [2.75, 3.05) is 18.1 Å². The third-order valence-corrected chi connectivity index (χ3v) is 5.83. The molecule has 4 rings (SSSR count). The van der Waals surface area contributed by atoms with Crippen LogP contribution in [0.2, 0.25) is 0 Å². The van der Waals surface area contributed by atoms with Gasteiger partial charge in [-0.15, -0.1) is 11.3 Å². The number of nitriles is 1. The number of nitrogens with zero attached hydrogens (tertiary/aromatic N) is 5. The number of aromatic nitrogens is 2. The summed E-state index contributed by atoms with van der Waals surface area (Å²) in [6.45, 7) is 2.83. The molecule has 1 aliphatic heterocycles. The molecule has 0 unspecified atom stereocenters. The molecule has 32 heavy (non-hydrogen) atoms. The molecular formula is C23H21N5O3S. The summed E-state index contributed by atoms with van der Waals surface area (Å²) in [5.41, 5.74) is 2.90. The summed E-state index contributed by atoms with van der Waals surface area (Å²) in [6, 6.07) is 11.5. The molecule has 1 aliphatic rings. The number of aryl methyl sites for hydroxylation is 1. The number of thiazole rings is 1. The van der Waals surface area contributed by atoms with E-state index in [1.165, 1.54) is 11.3 Å². The van der Waals surface area contributed by atoms with E-state index in [-0.39, 0.29) is 31.4 Å². The Bertz CT molecular complexity index is 1170.